The molecule has 3 aromatic rings. The van der Waals surface area contributed by atoms with Gasteiger partial charge in [-0.2, -0.15) is 0 Å². The standard InChI is InChI=1S/C26H28N4O5/c1-15-7-6-12-29-20(16(2)27-24(15)29)22(31)19-21(17-8-10-18(11-9-17)26(34)35-5)30(14-13-28(3)4)25(33)23(19)32/h6-12,21,31H,13-14H2,1-5H3/t21-/m1/s1. The average Bonchev–Trinajstić information content (AvgIpc) is 3.31. The Morgan fingerprint density at radius 1 is 1.14 bits per heavy atom. The fraction of sp³-hybridized carbons (Fsp3) is 0.308. The van der Waals surface area contributed by atoms with Gasteiger partial charge in [0.15, 0.2) is 5.76 Å². The first-order valence-electron chi connectivity index (χ1n) is 11.2. The summed E-state index contributed by atoms with van der Waals surface area (Å²) in [6.45, 7) is 4.47. The second-order valence-corrected chi connectivity index (χ2v) is 8.84. The highest BCUT2D eigenvalue weighted by Gasteiger charge is 2.46. The normalized spacial score (nSPS) is 17.5. The number of nitrogens with zero attached hydrogens (tertiary/aromatic N) is 4. The van der Waals surface area contributed by atoms with Crippen LogP contribution in [0.25, 0.3) is 11.4 Å². The number of esters is 1. The number of carbonyl (C=O) groups is 3. The van der Waals surface area contributed by atoms with Crippen LogP contribution >= 0.6 is 0 Å². The Balaban J connectivity index is 1.91. The summed E-state index contributed by atoms with van der Waals surface area (Å²) in [4.78, 5) is 46.3. The number of hydrogen-bond acceptors (Lipinski definition) is 7. The van der Waals surface area contributed by atoms with E-state index in [0.29, 0.717) is 34.7 Å². The molecular formula is C26H28N4O5. The molecule has 1 amide bonds. The molecule has 1 aliphatic rings. The Bertz CT molecular complexity index is 1350. The first-order chi connectivity index (χ1) is 16.6. The number of amides is 1. The molecule has 9 nitrogen and oxygen atoms in total. The van der Waals surface area contributed by atoms with Crippen molar-refractivity contribution in [1.82, 2.24) is 19.2 Å². The number of imidazole rings is 1. The van der Waals surface area contributed by atoms with Crippen molar-refractivity contribution in [3.8, 4) is 0 Å². The number of likely N-dealkylation sites (N-methyl/N-ethyl adjacent to an activating group) is 1. The van der Waals surface area contributed by atoms with E-state index < -0.39 is 23.7 Å². The van der Waals surface area contributed by atoms with Crippen molar-refractivity contribution in [3.05, 3.63) is 76.2 Å². The van der Waals surface area contributed by atoms with Crippen molar-refractivity contribution >= 4 is 29.1 Å². The van der Waals surface area contributed by atoms with Gasteiger partial charge in [0.2, 0.25) is 0 Å². The molecule has 0 spiro atoms. The van der Waals surface area contributed by atoms with Crippen LogP contribution in [0.4, 0.5) is 0 Å². The highest BCUT2D eigenvalue weighted by Crippen LogP contribution is 2.40. The second kappa shape index (κ2) is 9.34. The SMILES string of the molecule is COC(=O)c1ccc([C@@H]2C(=C(O)c3c(C)nc4c(C)cccn34)C(=O)C(=O)N2CCN(C)C)cc1. The number of pyridine rings is 1. The first-order valence-corrected chi connectivity index (χ1v) is 11.2. The molecular weight excluding hydrogens is 448 g/mol. The van der Waals surface area contributed by atoms with E-state index in [-0.39, 0.29) is 17.9 Å². The minimum absolute atomic E-state index is 0.00835. The number of hydrogen-bond donors (Lipinski definition) is 1. The lowest BCUT2D eigenvalue weighted by Crippen LogP contribution is -2.35. The van der Waals surface area contributed by atoms with E-state index in [1.807, 2.05) is 38.1 Å². The van der Waals surface area contributed by atoms with Crippen LogP contribution < -0.4 is 0 Å². The molecule has 0 bridgehead atoms. The minimum Gasteiger partial charge on any atom is -0.505 e. The fourth-order valence-electron chi connectivity index (χ4n) is 4.41. The molecule has 9 heteroatoms. The number of fused-ring (bicyclic) bond motifs is 1. The van der Waals surface area contributed by atoms with E-state index in [1.165, 1.54) is 12.0 Å². The van der Waals surface area contributed by atoms with Crippen LogP contribution in [0.3, 0.4) is 0 Å². The largest absolute Gasteiger partial charge is 0.505 e. The van der Waals surface area contributed by atoms with Crippen molar-refractivity contribution in [1.29, 1.82) is 0 Å². The van der Waals surface area contributed by atoms with Gasteiger partial charge in [-0.1, -0.05) is 18.2 Å². The van der Waals surface area contributed by atoms with E-state index in [2.05, 4.69) is 4.98 Å². The predicted octanol–water partition coefficient (Wildman–Crippen LogP) is 2.72. The number of ether oxygens (including phenoxy) is 1. The third-order valence-corrected chi connectivity index (χ3v) is 6.22. The maximum atomic E-state index is 13.3. The number of aliphatic hydroxyl groups excluding tert-OH is 1. The van der Waals surface area contributed by atoms with Gasteiger partial charge in [0.05, 0.1) is 30.0 Å². The highest BCUT2D eigenvalue weighted by atomic mass is 16.5. The van der Waals surface area contributed by atoms with E-state index in [4.69, 9.17) is 4.74 Å². The Hall–Kier alpha value is -3.98. The summed E-state index contributed by atoms with van der Waals surface area (Å²) in [6.07, 6.45) is 1.76. The quantitative estimate of drug-likeness (QED) is 0.252. The van der Waals surface area contributed by atoms with Gasteiger partial charge in [-0.25, -0.2) is 9.78 Å². The highest BCUT2D eigenvalue weighted by molar-refractivity contribution is 6.46. The van der Waals surface area contributed by atoms with Crippen molar-refractivity contribution in [2.45, 2.75) is 19.9 Å². The lowest BCUT2D eigenvalue weighted by Gasteiger charge is -2.26. The fourth-order valence-corrected chi connectivity index (χ4v) is 4.41. The predicted molar refractivity (Wildman–Crippen MR) is 130 cm³/mol. The maximum absolute atomic E-state index is 13.3. The van der Waals surface area contributed by atoms with Gasteiger partial charge in [0.25, 0.3) is 11.7 Å². The van der Waals surface area contributed by atoms with E-state index >= 15 is 0 Å². The van der Waals surface area contributed by atoms with Crippen LogP contribution in [0.5, 0.6) is 0 Å². The summed E-state index contributed by atoms with van der Waals surface area (Å²) in [5, 5.41) is 11.5. The molecule has 0 radical (unpaired) electrons. The third kappa shape index (κ3) is 4.19. The van der Waals surface area contributed by atoms with E-state index in [0.717, 1.165) is 5.56 Å². The Morgan fingerprint density at radius 3 is 2.46 bits per heavy atom. The summed E-state index contributed by atoms with van der Waals surface area (Å²) in [5.41, 5.74) is 3.41. The molecule has 1 aliphatic heterocycles. The summed E-state index contributed by atoms with van der Waals surface area (Å²) >= 11 is 0. The van der Waals surface area contributed by atoms with Gasteiger partial charge in [-0.15, -0.1) is 0 Å². The average molecular weight is 477 g/mol. The zero-order valence-electron chi connectivity index (χ0n) is 20.4. The van der Waals surface area contributed by atoms with E-state index in [9.17, 15) is 19.5 Å². The molecule has 4 rings (SSSR count). The van der Waals surface area contributed by atoms with Gasteiger partial charge in [0, 0.05) is 19.3 Å². The van der Waals surface area contributed by atoms with Crippen molar-refractivity contribution in [2.75, 3.05) is 34.3 Å². The molecule has 0 saturated carbocycles. The number of likely N-dealkylation sites (tertiary alicyclic amines) is 1. The molecule has 1 atom stereocenters. The molecule has 3 heterocycles. The monoisotopic (exact) mass is 476 g/mol. The van der Waals surface area contributed by atoms with Crippen molar-refractivity contribution in [2.24, 2.45) is 0 Å². The van der Waals surface area contributed by atoms with Crippen LogP contribution in [0.1, 0.15) is 38.9 Å². The third-order valence-electron chi connectivity index (χ3n) is 6.22. The number of aromatic nitrogens is 2. The minimum atomic E-state index is -0.823. The number of carbonyl (C=O) groups excluding carboxylic acids is 3. The molecule has 2 aromatic heterocycles. The molecule has 1 N–H and O–H groups in total. The number of Topliss-reactive ketones (excluding diaryl/α,β-unsaturated/α-hetero) is 1. The van der Waals surface area contributed by atoms with Crippen LogP contribution in [0.2, 0.25) is 0 Å². The number of methoxy groups -OCH3 is 1. The molecule has 1 saturated heterocycles. The number of ketones is 1. The summed E-state index contributed by atoms with van der Waals surface area (Å²) < 4.78 is 6.50. The molecule has 1 aromatic carbocycles. The zero-order valence-corrected chi connectivity index (χ0v) is 20.4. The van der Waals surface area contributed by atoms with Gasteiger partial charge in [-0.05, 0) is 57.3 Å². The summed E-state index contributed by atoms with van der Waals surface area (Å²) in [7, 11) is 5.05. The lowest BCUT2D eigenvalue weighted by atomic mass is 9.95. The zero-order chi connectivity index (χ0) is 25.4. The summed E-state index contributed by atoms with van der Waals surface area (Å²) in [5.74, 6) is -2.22. The van der Waals surface area contributed by atoms with Gasteiger partial charge < -0.3 is 19.6 Å². The molecule has 1 fully saturated rings. The Labute approximate surface area is 203 Å². The number of benzene rings is 1. The number of aliphatic hydroxyl groups is 1. The van der Waals surface area contributed by atoms with Crippen LogP contribution in [0, 0.1) is 13.8 Å². The number of rotatable bonds is 6. The smallest absolute Gasteiger partial charge is 0.337 e. The van der Waals surface area contributed by atoms with E-state index in [1.54, 1.807) is 41.8 Å². The topological polar surface area (TPSA) is 104 Å². The molecule has 0 aliphatic carbocycles. The summed E-state index contributed by atoms with van der Waals surface area (Å²) in [6, 6.07) is 9.42. The molecule has 182 valence electrons. The Kier molecular flexibility index (Phi) is 6.45. The first kappa shape index (κ1) is 24.2. The molecule has 0 unspecified atom stereocenters. The Morgan fingerprint density at radius 2 is 1.83 bits per heavy atom. The maximum Gasteiger partial charge on any atom is 0.337 e. The van der Waals surface area contributed by atoms with Gasteiger partial charge in [-0.3, -0.25) is 14.0 Å². The molecule has 35 heavy (non-hydrogen) atoms. The van der Waals surface area contributed by atoms with Crippen LogP contribution in [0.15, 0.2) is 48.2 Å². The van der Waals surface area contributed by atoms with Crippen molar-refractivity contribution < 1.29 is 24.2 Å². The lowest BCUT2D eigenvalue weighted by molar-refractivity contribution is -0.140. The van der Waals surface area contributed by atoms with Crippen LogP contribution in [-0.2, 0) is 14.3 Å². The van der Waals surface area contributed by atoms with Crippen LogP contribution in [-0.4, -0.2) is 76.2 Å². The van der Waals surface area contributed by atoms with Crippen molar-refractivity contribution in [3.63, 3.8) is 0 Å². The van der Waals surface area contributed by atoms with Gasteiger partial charge >= 0.3 is 5.97 Å². The van der Waals surface area contributed by atoms with Gasteiger partial charge in [0.1, 0.15) is 11.3 Å². The number of aryl methyl sites for hydroxylation is 2. The second-order valence-electron chi connectivity index (χ2n) is 8.84.